The molecule has 0 aliphatic rings. The number of para-hydroxylation sites is 2. The molecule has 4 heteroatoms. The molecule has 0 radical (unpaired) electrons. The first kappa shape index (κ1) is 16.8. The third-order valence-corrected chi connectivity index (χ3v) is 4.78. The SMILES string of the molecule is NC(Cc1ccccc1)c1nc2ccccc2n1Cc1cccc(Cl)c1. The molecule has 0 saturated carbocycles. The van der Waals surface area contributed by atoms with E-state index in [2.05, 4.69) is 28.8 Å². The maximum Gasteiger partial charge on any atom is 0.127 e. The van der Waals surface area contributed by atoms with E-state index in [1.807, 2.05) is 54.6 Å². The zero-order valence-corrected chi connectivity index (χ0v) is 15.1. The first-order chi connectivity index (χ1) is 12.7. The van der Waals surface area contributed by atoms with Crippen LogP contribution in [0.1, 0.15) is 23.0 Å². The van der Waals surface area contributed by atoms with E-state index >= 15 is 0 Å². The maximum atomic E-state index is 6.57. The Labute approximate surface area is 158 Å². The van der Waals surface area contributed by atoms with Gasteiger partial charge in [-0.25, -0.2) is 4.98 Å². The van der Waals surface area contributed by atoms with Crippen LogP contribution in [0, 0.1) is 0 Å². The summed E-state index contributed by atoms with van der Waals surface area (Å²) in [6.07, 6.45) is 0.750. The van der Waals surface area contributed by atoms with Gasteiger partial charge in [-0.05, 0) is 41.8 Å². The van der Waals surface area contributed by atoms with Crippen LogP contribution in [0.4, 0.5) is 0 Å². The summed E-state index contributed by atoms with van der Waals surface area (Å²) < 4.78 is 2.20. The van der Waals surface area contributed by atoms with Crippen LogP contribution < -0.4 is 5.73 Å². The monoisotopic (exact) mass is 361 g/mol. The molecule has 3 aromatic carbocycles. The van der Waals surface area contributed by atoms with Gasteiger partial charge in [0, 0.05) is 11.6 Å². The van der Waals surface area contributed by atoms with Crippen molar-refractivity contribution in [2.75, 3.05) is 0 Å². The Morgan fingerprint density at radius 1 is 0.885 bits per heavy atom. The molecule has 0 aliphatic carbocycles. The van der Waals surface area contributed by atoms with E-state index in [9.17, 15) is 0 Å². The Morgan fingerprint density at radius 2 is 1.62 bits per heavy atom. The quantitative estimate of drug-likeness (QED) is 0.544. The molecule has 1 heterocycles. The number of hydrogen-bond acceptors (Lipinski definition) is 2. The highest BCUT2D eigenvalue weighted by Crippen LogP contribution is 2.24. The number of fused-ring (bicyclic) bond motifs is 1. The van der Waals surface area contributed by atoms with E-state index in [0.717, 1.165) is 33.9 Å². The molecule has 0 spiro atoms. The predicted octanol–water partition coefficient (Wildman–Crippen LogP) is 4.98. The van der Waals surface area contributed by atoms with Crippen LogP contribution in [-0.2, 0) is 13.0 Å². The molecule has 1 unspecified atom stereocenters. The second-order valence-corrected chi connectivity index (χ2v) is 6.91. The van der Waals surface area contributed by atoms with Crippen molar-refractivity contribution >= 4 is 22.6 Å². The highest BCUT2D eigenvalue weighted by atomic mass is 35.5. The van der Waals surface area contributed by atoms with E-state index in [0.29, 0.717) is 6.54 Å². The summed E-state index contributed by atoms with van der Waals surface area (Å²) in [5, 5.41) is 0.738. The number of nitrogens with zero attached hydrogens (tertiary/aromatic N) is 2. The van der Waals surface area contributed by atoms with Crippen molar-refractivity contribution in [1.82, 2.24) is 9.55 Å². The summed E-state index contributed by atoms with van der Waals surface area (Å²) in [5.41, 5.74) is 11.0. The standard InChI is InChI=1S/C22H20ClN3/c23-18-10-6-9-17(13-18)15-26-21-12-5-4-11-20(21)25-22(26)19(24)14-16-7-2-1-3-8-16/h1-13,19H,14-15,24H2. The van der Waals surface area contributed by atoms with Crippen LogP contribution in [0.15, 0.2) is 78.9 Å². The summed E-state index contributed by atoms with van der Waals surface area (Å²) in [5.74, 6) is 0.898. The Hall–Kier alpha value is -2.62. The zero-order chi connectivity index (χ0) is 17.9. The first-order valence-electron chi connectivity index (χ1n) is 8.70. The summed E-state index contributed by atoms with van der Waals surface area (Å²) in [7, 11) is 0. The number of aromatic nitrogens is 2. The highest BCUT2D eigenvalue weighted by Gasteiger charge is 2.17. The molecule has 1 atom stereocenters. The Balaban J connectivity index is 1.73. The molecule has 26 heavy (non-hydrogen) atoms. The van der Waals surface area contributed by atoms with E-state index in [1.165, 1.54) is 5.56 Å². The van der Waals surface area contributed by atoms with Crippen LogP contribution in [0.5, 0.6) is 0 Å². The molecule has 0 saturated heterocycles. The second-order valence-electron chi connectivity index (χ2n) is 6.47. The van der Waals surface area contributed by atoms with Gasteiger partial charge in [-0.2, -0.15) is 0 Å². The molecule has 4 aromatic rings. The van der Waals surface area contributed by atoms with Crippen molar-refractivity contribution in [3.05, 3.63) is 101 Å². The van der Waals surface area contributed by atoms with Crippen molar-refractivity contribution < 1.29 is 0 Å². The predicted molar refractivity (Wildman–Crippen MR) is 107 cm³/mol. The fourth-order valence-corrected chi connectivity index (χ4v) is 3.53. The van der Waals surface area contributed by atoms with Crippen molar-refractivity contribution in [3.8, 4) is 0 Å². The lowest BCUT2D eigenvalue weighted by molar-refractivity contribution is 0.618. The molecule has 4 rings (SSSR count). The van der Waals surface area contributed by atoms with Gasteiger partial charge in [-0.1, -0.05) is 66.2 Å². The molecule has 2 N–H and O–H groups in total. The van der Waals surface area contributed by atoms with E-state index in [1.54, 1.807) is 0 Å². The average molecular weight is 362 g/mol. The fourth-order valence-electron chi connectivity index (χ4n) is 3.32. The van der Waals surface area contributed by atoms with Gasteiger partial charge in [0.15, 0.2) is 0 Å². The lowest BCUT2D eigenvalue weighted by atomic mass is 10.1. The Kier molecular flexibility index (Phi) is 4.74. The summed E-state index contributed by atoms with van der Waals surface area (Å²) in [6, 6.07) is 26.2. The molecule has 0 aliphatic heterocycles. The van der Waals surface area contributed by atoms with Crippen LogP contribution in [-0.4, -0.2) is 9.55 Å². The van der Waals surface area contributed by atoms with Gasteiger partial charge in [0.1, 0.15) is 5.82 Å². The smallest absolute Gasteiger partial charge is 0.127 e. The Bertz CT molecular complexity index is 1020. The van der Waals surface area contributed by atoms with Gasteiger partial charge in [0.2, 0.25) is 0 Å². The zero-order valence-electron chi connectivity index (χ0n) is 14.3. The molecular weight excluding hydrogens is 342 g/mol. The minimum atomic E-state index is -0.177. The minimum absolute atomic E-state index is 0.177. The molecule has 0 fully saturated rings. The molecule has 1 aromatic heterocycles. The topological polar surface area (TPSA) is 43.8 Å². The van der Waals surface area contributed by atoms with E-state index < -0.39 is 0 Å². The van der Waals surface area contributed by atoms with Crippen molar-refractivity contribution in [1.29, 1.82) is 0 Å². The van der Waals surface area contributed by atoms with Gasteiger partial charge in [-0.15, -0.1) is 0 Å². The molecular formula is C22H20ClN3. The number of nitrogens with two attached hydrogens (primary N) is 1. The summed E-state index contributed by atoms with van der Waals surface area (Å²) in [6.45, 7) is 0.693. The van der Waals surface area contributed by atoms with Gasteiger partial charge in [-0.3, -0.25) is 0 Å². The van der Waals surface area contributed by atoms with E-state index in [-0.39, 0.29) is 6.04 Å². The molecule has 0 bridgehead atoms. The van der Waals surface area contributed by atoms with Gasteiger partial charge >= 0.3 is 0 Å². The van der Waals surface area contributed by atoms with Gasteiger partial charge in [0.25, 0.3) is 0 Å². The molecule has 130 valence electrons. The van der Waals surface area contributed by atoms with Crippen molar-refractivity contribution in [3.63, 3.8) is 0 Å². The van der Waals surface area contributed by atoms with Crippen LogP contribution in [0.25, 0.3) is 11.0 Å². The molecule has 0 amide bonds. The van der Waals surface area contributed by atoms with Crippen LogP contribution >= 0.6 is 11.6 Å². The molecule has 3 nitrogen and oxygen atoms in total. The number of hydrogen-bond donors (Lipinski definition) is 1. The van der Waals surface area contributed by atoms with Crippen molar-refractivity contribution in [2.45, 2.75) is 19.0 Å². The fraction of sp³-hybridized carbons (Fsp3) is 0.136. The number of rotatable bonds is 5. The lowest BCUT2D eigenvalue weighted by Crippen LogP contribution is -2.19. The summed E-state index contributed by atoms with van der Waals surface area (Å²) >= 11 is 6.16. The largest absolute Gasteiger partial charge is 0.322 e. The number of imidazole rings is 1. The number of halogens is 1. The van der Waals surface area contributed by atoms with Crippen LogP contribution in [0.2, 0.25) is 5.02 Å². The lowest BCUT2D eigenvalue weighted by Gasteiger charge is -2.15. The van der Waals surface area contributed by atoms with Gasteiger partial charge < -0.3 is 10.3 Å². The van der Waals surface area contributed by atoms with Crippen molar-refractivity contribution in [2.24, 2.45) is 5.73 Å². The normalized spacial score (nSPS) is 12.4. The minimum Gasteiger partial charge on any atom is -0.322 e. The third kappa shape index (κ3) is 3.50. The number of benzene rings is 3. The highest BCUT2D eigenvalue weighted by molar-refractivity contribution is 6.30. The maximum absolute atomic E-state index is 6.57. The average Bonchev–Trinajstić information content (AvgIpc) is 3.01. The second kappa shape index (κ2) is 7.32. The van der Waals surface area contributed by atoms with Gasteiger partial charge in [0.05, 0.1) is 17.1 Å². The third-order valence-electron chi connectivity index (χ3n) is 4.54. The Morgan fingerprint density at radius 3 is 2.42 bits per heavy atom. The van der Waals surface area contributed by atoms with Crippen LogP contribution in [0.3, 0.4) is 0 Å². The van der Waals surface area contributed by atoms with E-state index in [4.69, 9.17) is 22.3 Å². The first-order valence-corrected chi connectivity index (χ1v) is 9.07. The summed E-state index contributed by atoms with van der Waals surface area (Å²) in [4.78, 5) is 4.83.